The molecule has 1 fully saturated rings. The Balaban J connectivity index is 2.77. The SMILES string of the molecule is CC(C)(C)OC(=O)N1CCC[C@H]1[C@@H](O)C(C#N)C#N. The van der Waals surface area contributed by atoms with Crippen LogP contribution in [0.3, 0.4) is 0 Å². The van der Waals surface area contributed by atoms with Crippen LogP contribution in [0.5, 0.6) is 0 Å². The number of aliphatic hydroxyl groups excluding tert-OH is 1. The van der Waals surface area contributed by atoms with Crippen molar-refractivity contribution in [3.63, 3.8) is 0 Å². The maximum absolute atomic E-state index is 12.0. The number of hydrogen-bond donors (Lipinski definition) is 1. The van der Waals surface area contributed by atoms with Crippen LogP contribution in [0.2, 0.25) is 0 Å². The minimum atomic E-state index is -1.16. The van der Waals surface area contributed by atoms with Crippen LogP contribution in [0.25, 0.3) is 0 Å². The van der Waals surface area contributed by atoms with Gasteiger partial charge in [-0.25, -0.2) is 4.79 Å². The number of likely N-dealkylation sites (tertiary alicyclic amines) is 1. The van der Waals surface area contributed by atoms with Crippen molar-refractivity contribution in [1.29, 1.82) is 10.5 Å². The highest BCUT2D eigenvalue weighted by Gasteiger charge is 2.39. The van der Waals surface area contributed by atoms with E-state index in [0.717, 1.165) is 6.42 Å². The molecule has 0 spiro atoms. The van der Waals surface area contributed by atoms with Crippen LogP contribution >= 0.6 is 0 Å². The van der Waals surface area contributed by atoms with Gasteiger partial charge >= 0.3 is 6.09 Å². The third-order valence-corrected chi connectivity index (χ3v) is 2.94. The molecule has 1 aliphatic heterocycles. The van der Waals surface area contributed by atoms with E-state index in [1.165, 1.54) is 4.90 Å². The lowest BCUT2D eigenvalue weighted by molar-refractivity contribution is 0.00190. The van der Waals surface area contributed by atoms with Crippen LogP contribution in [0, 0.1) is 28.6 Å². The summed E-state index contributed by atoms with van der Waals surface area (Å²) in [6.07, 6.45) is -0.376. The monoisotopic (exact) mass is 265 g/mol. The predicted octanol–water partition coefficient (Wildman–Crippen LogP) is 1.41. The quantitative estimate of drug-likeness (QED) is 0.814. The zero-order valence-corrected chi connectivity index (χ0v) is 11.5. The topological polar surface area (TPSA) is 97.3 Å². The van der Waals surface area contributed by atoms with Gasteiger partial charge in [0.25, 0.3) is 0 Å². The maximum atomic E-state index is 12.0. The highest BCUT2D eigenvalue weighted by molar-refractivity contribution is 5.69. The standard InChI is InChI=1S/C13H19N3O3/c1-13(2,3)19-12(18)16-6-4-5-10(16)11(17)9(7-14)8-15/h9-11,17H,4-6H2,1-3H3/t10-,11-/m0/s1. The van der Waals surface area contributed by atoms with E-state index < -0.39 is 29.8 Å². The molecule has 1 aliphatic rings. The number of aliphatic hydroxyl groups is 1. The van der Waals surface area contributed by atoms with Crippen LogP contribution in [-0.2, 0) is 4.74 Å². The fraction of sp³-hybridized carbons (Fsp3) is 0.769. The molecule has 1 N–H and O–H groups in total. The first-order chi connectivity index (χ1) is 8.80. The molecule has 0 saturated carbocycles. The van der Waals surface area contributed by atoms with Crippen LogP contribution < -0.4 is 0 Å². The molecule has 2 atom stereocenters. The van der Waals surface area contributed by atoms with E-state index in [1.54, 1.807) is 32.9 Å². The molecule has 1 heterocycles. The van der Waals surface area contributed by atoms with Gasteiger partial charge < -0.3 is 14.7 Å². The molecule has 0 radical (unpaired) electrons. The molecule has 0 aromatic carbocycles. The number of nitriles is 2. The van der Waals surface area contributed by atoms with E-state index >= 15 is 0 Å². The van der Waals surface area contributed by atoms with Crippen molar-refractivity contribution in [2.75, 3.05) is 6.54 Å². The lowest BCUT2D eigenvalue weighted by Crippen LogP contribution is -2.47. The summed E-state index contributed by atoms with van der Waals surface area (Å²) in [6, 6.07) is 2.96. The summed E-state index contributed by atoms with van der Waals surface area (Å²) in [5.41, 5.74) is -0.612. The third kappa shape index (κ3) is 3.84. The number of carbonyl (C=O) groups excluding carboxylic acids is 1. The number of rotatable bonds is 2. The van der Waals surface area contributed by atoms with Crippen molar-refractivity contribution in [3.8, 4) is 12.1 Å². The second kappa shape index (κ2) is 5.90. The molecule has 6 nitrogen and oxygen atoms in total. The Morgan fingerprint density at radius 3 is 2.47 bits per heavy atom. The van der Waals surface area contributed by atoms with Crippen molar-refractivity contribution < 1.29 is 14.6 Å². The molecule has 0 aliphatic carbocycles. The van der Waals surface area contributed by atoms with Gasteiger partial charge in [-0.15, -0.1) is 0 Å². The van der Waals surface area contributed by atoms with Gasteiger partial charge in [0.15, 0.2) is 5.92 Å². The van der Waals surface area contributed by atoms with Crippen LogP contribution in [0.4, 0.5) is 4.79 Å². The van der Waals surface area contributed by atoms with Gasteiger partial charge in [0, 0.05) is 6.54 Å². The number of ether oxygens (including phenoxy) is 1. The average Bonchev–Trinajstić information content (AvgIpc) is 2.76. The molecule has 0 bridgehead atoms. The largest absolute Gasteiger partial charge is 0.444 e. The van der Waals surface area contributed by atoms with Gasteiger partial charge in [-0.2, -0.15) is 10.5 Å². The summed E-state index contributed by atoms with van der Waals surface area (Å²) in [7, 11) is 0. The zero-order chi connectivity index (χ0) is 14.6. The lowest BCUT2D eigenvalue weighted by atomic mass is 9.97. The number of amides is 1. The van der Waals surface area contributed by atoms with E-state index in [1.807, 2.05) is 0 Å². The molecule has 6 heteroatoms. The predicted molar refractivity (Wildman–Crippen MR) is 66.7 cm³/mol. The Hall–Kier alpha value is -1.79. The van der Waals surface area contributed by atoms with Crippen molar-refractivity contribution in [2.45, 2.75) is 51.4 Å². The summed E-state index contributed by atoms with van der Waals surface area (Å²) in [4.78, 5) is 13.4. The van der Waals surface area contributed by atoms with Crippen molar-refractivity contribution >= 4 is 6.09 Å². The third-order valence-electron chi connectivity index (χ3n) is 2.94. The summed E-state index contributed by atoms with van der Waals surface area (Å²) in [5, 5.41) is 27.6. The second-order valence-corrected chi connectivity index (χ2v) is 5.61. The summed E-state index contributed by atoms with van der Waals surface area (Å²) >= 11 is 0. The van der Waals surface area contributed by atoms with Crippen molar-refractivity contribution in [1.82, 2.24) is 4.90 Å². The molecular formula is C13H19N3O3. The first-order valence-electron chi connectivity index (χ1n) is 6.27. The molecule has 0 unspecified atom stereocenters. The molecule has 104 valence electrons. The van der Waals surface area contributed by atoms with Gasteiger partial charge in [0.1, 0.15) is 11.7 Å². The molecule has 19 heavy (non-hydrogen) atoms. The Morgan fingerprint density at radius 2 is 2.00 bits per heavy atom. The molecule has 1 saturated heterocycles. The van der Waals surface area contributed by atoms with Gasteiger partial charge in [-0.3, -0.25) is 0 Å². The second-order valence-electron chi connectivity index (χ2n) is 5.61. The van der Waals surface area contributed by atoms with Gasteiger partial charge in [0.05, 0.1) is 18.2 Å². The van der Waals surface area contributed by atoms with Gasteiger partial charge in [-0.1, -0.05) is 0 Å². The maximum Gasteiger partial charge on any atom is 0.410 e. The molecule has 1 amide bonds. The zero-order valence-electron chi connectivity index (χ0n) is 11.5. The van der Waals surface area contributed by atoms with E-state index in [0.29, 0.717) is 13.0 Å². The summed E-state index contributed by atoms with van der Waals surface area (Å²) < 4.78 is 5.26. The van der Waals surface area contributed by atoms with Gasteiger partial charge in [0.2, 0.25) is 0 Å². The van der Waals surface area contributed by atoms with E-state index in [2.05, 4.69) is 0 Å². The molecule has 0 aromatic rings. The Morgan fingerprint density at radius 1 is 1.42 bits per heavy atom. The number of hydrogen-bond acceptors (Lipinski definition) is 5. The summed E-state index contributed by atoms with van der Waals surface area (Å²) in [6.45, 7) is 5.76. The Kier molecular flexibility index (Phi) is 4.74. The lowest BCUT2D eigenvalue weighted by Gasteiger charge is -2.31. The smallest absolute Gasteiger partial charge is 0.410 e. The average molecular weight is 265 g/mol. The van der Waals surface area contributed by atoms with Crippen LogP contribution in [0.15, 0.2) is 0 Å². The van der Waals surface area contributed by atoms with Crippen molar-refractivity contribution in [3.05, 3.63) is 0 Å². The number of nitrogens with zero attached hydrogens (tertiary/aromatic N) is 3. The Labute approximate surface area is 113 Å². The minimum Gasteiger partial charge on any atom is -0.444 e. The fourth-order valence-corrected chi connectivity index (χ4v) is 2.10. The van der Waals surface area contributed by atoms with E-state index in [-0.39, 0.29) is 0 Å². The first kappa shape index (κ1) is 15.3. The van der Waals surface area contributed by atoms with Gasteiger partial charge in [-0.05, 0) is 33.6 Å². The van der Waals surface area contributed by atoms with E-state index in [4.69, 9.17) is 15.3 Å². The van der Waals surface area contributed by atoms with Crippen molar-refractivity contribution in [2.24, 2.45) is 5.92 Å². The fourth-order valence-electron chi connectivity index (χ4n) is 2.10. The summed E-state index contributed by atoms with van der Waals surface area (Å²) in [5.74, 6) is -1.13. The highest BCUT2D eigenvalue weighted by Crippen LogP contribution is 2.25. The Bertz CT molecular complexity index is 402. The highest BCUT2D eigenvalue weighted by atomic mass is 16.6. The molecule has 1 rings (SSSR count). The molecular weight excluding hydrogens is 246 g/mol. The minimum absolute atomic E-state index is 0.472. The normalized spacial score (nSPS) is 20.8. The van der Waals surface area contributed by atoms with Crippen LogP contribution in [-0.4, -0.2) is 40.4 Å². The molecule has 0 aromatic heterocycles. The number of carbonyl (C=O) groups is 1. The first-order valence-corrected chi connectivity index (χ1v) is 6.27. The van der Waals surface area contributed by atoms with E-state index in [9.17, 15) is 9.90 Å². The van der Waals surface area contributed by atoms with Crippen LogP contribution in [0.1, 0.15) is 33.6 Å².